The van der Waals surface area contributed by atoms with E-state index in [1.54, 1.807) is 27.7 Å². The Morgan fingerprint density at radius 2 is 1.45 bits per heavy atom. The van der Waals surface area contributed by atoms with E-state index < -0.39 is 60.2 Å². The maximum atomic E-state index is 12.9. The molecule has 3 amide bonds. The number of carboxylic acid groups (broad SMARTS) is 2. The zero-order chi connectivity index (χ0) is 25.7. The second-order valence-corrected chi connectivity index (χ2v) is 9.31. The molecule has 12 heteroatoms. The number of hydrogen-bond donors (Lipinski definition) is 6. The van der Waals surface area contributed by atoms with Crippen LogP contribution in [0.2, 0.25) is 0 Å². The molecule has 0 radical (unpaired) electrons. The number of nitrogens with two attached hydrogens (primary N) is 1. The Kier molecular flexibility index (Phi) is 14.4. The lowest BCUT2D eigenvalue weighted by atomic mass is 9.98. The summed E-state index contributed by atoms with van der Waals surface area (Å²) in [5.74, 6) is -4.46. The normalized spacial score (nSPS) is 15.6. The van der Waals surface area contributed by atoms with Crippen LogP contribution in [0.5, 0.6) is 0 Å². The molecule has 33 heavy (non-hydrogen) atoms. The highest BCUT2D eigenvalue weighted by Crippen LogP contribution is 2.10. The van der Waals surface area contributed by atoms with E-state index in [2.05, 4.69) is 16.0 Å². The van der Waals surface area contributed by atoms with E-state index in [9.17, 15) is 29.1 Å². The van der Waals surface area contributed by atoms with Gasteiger partial charge >= 0.3 is 11.9 Å². The molecule has 0 fully saturated rings. The summed E-state index contributed by atoms with van der Waals surface area (Å²) in [6.07, 6.45) is 2.13. The van der Waals surface area contributed by atoms with Crippen molar-refractivity contribution in [3.8, 4) is 0 Å². The minimum atomic E-state index is -1.29. The average Bonchev–Trinajstić information content (AvgIpc) is 2.74. The van der Waals surface area contributed by atoms with Crippen molar-refractivity contribution in [1.82, 2.24) is 16.0 Å². The van der Waals surface area contributed by atoms with Crippen LogP contribution in [-0.4, -0.2) is 76.0 Å². The first-order valence-electron chi connectivity index (χ1n) is 11.0. The molecule has 0 rings (SSSR count). The van der Waals surface area contributed by atoms with Gasteiger partial charge in [-0.15, -0.1) is 0 Å². The Bertz CT molecular complexity index is 690. The molecule has 5 unspecified atom stereocenters. The number of rotatable bonds is 16. The van der Waals surface area contributed by atoms with Gasteiger partial charge in [0.2, 0.25) is 17.7 Å². The summed E-state index contributed by atoms with van der Waals surface area (Å²) in [6, 6.07) is -4.29. The Labute approximate surface area is 199 Å². The number of aliphatic carboxylic acids is 2. The number of nitrogens with one attached hydrogen (secondary N) is 3. The summed E-state index contributed by atoms with van der Waals surface area (Å²) < 4.78 is 0. The first-order valence-corrected chi connectivity index (χ1v) is 12.3. The van der Waals surface area contributed by atoms with Gasteiger partial charge in [0, 0.05) is 6.42 Å². The standard InChI is InChI=1S/C21H38N4O7S/c1-6-12(4)17(21(31)32)25-19(29)14(7-8-15(26)27)23-20(30)16(11(2)3)24-18(28)13(22)9-10-33-5/h11-14,16-17H,6-10,22H2,1-5H3,(H,23,30)(H,24,28)(H,25,29)(H,26,27)(H,31,32). The van der Waals surface area contributed by atoms with E-state index in [1.807, 2.05) is 6.26 Å². The van der Waals surface area contributed by atoms with Gasteiger partial charge in [-0.2, -0.15) is 11.8 Å². The molecule has 0 saturated heterocycles. The van der Waals surface area contributed by atoms with E-state index in [-0.39, 0.29) is 18.3 Å². The lowest BCUT2D eigenvalue weighted by Crippen LogP contribution is -2.59. The van der Waals surface area contributed by atoms with Crippen LogP contribution in [0, 0.1) is 11.8 Å². The summed E-state index contributed by atoms with van der Waals surface area (Å²) >= 11 is 1.54. The lowest BCUT2D eigenvalue weighted by Gasteiger charge is -2.27. The molecular weight excluding hydrogens is 452 g/mol. The third-order valence-corrected chi connectivity index (χ3v) is 5.92. The monoisotopic (exact) mass is 490 g/mol. The Morgan fingerprint density at radius 1 is 0.879 bits per heavy atom. The predicted octanol–water partition coefficient (Wildman–Crippen LogP) is 0.173. The number of carbonyl (C=O) groups is 5. The van der Waals surface area contributed by atoms with E-state index in [0.29, 0.717) is 18.6 Å². The molecule has 0 aromatic heterocycles. The topological polar surface area (TPSA) is 188 Å². The molecule has 0 aliphatic carbocycles. The molecule has 0 saturated carbocycles. The summed E-state index contributed by atoms with van der Waals surface area (Å²) in [5, 5.41) is 25.9. The molecule has 7 N–H and O–H groups in total. The minimum absolute atomic E-state index is 0.244. The van der Waals surface area contributed by atoms with Crippen molar-refractivity contribution < 1.29 is 34.2 Å². The van der Waals surface area contributed by atoms with E-state index >= 15 is 0 Å². The fourth-order valence-corrected chi connectivity index (χ4v) is 3.40. The highest BCUT2D eigenvalue weighted by molar-refractivity contribution is 7.98. The van der Waals surface area contributed by atoms with Crippen molar-refractivity contribution >= 4 is 41.4 Å². The van der Waals surface area contributed by atoms with E-state index in [4.69, 9.17) is 10.8 Å². The maximum absolute atomic E-state index is 12.9. The number of carboxylic acids is 2. The Balaban J connectivity index is 5.50. The average molecular weight is 491 g/mol. The zero-order valence-corrected chi connectivity index (χ0v) is 20.7. The van der Waals surface area contributed by atoms with Crippen LogP contribution in [-0.2, 0) is 24.0 Å². The molecular formula is C21H38N4O7S. The summed E-state index contributed by atoms with van der Waals surface area (Å²) in [4.78, 5) is 60.7. The Morgan fingerprint density at radius 3 is 1.91 bits per heavy atom. The van der Waals surface area contributed by atoms with E-state index in [1.165, 1.54) is 11.8 Å². The first kappa shape index (κ1) is 30.7. The van der Waals surface area contributed by atoms with Crippen LogP contribution in [0.4, 0.5) is 0 Å². The highest BCUT2D eigenvalue weighted by Gasteiger charge is 2.33. The van der Waals surface area contributed by atoms with Crippen molar-refractivity contribution in [3.05, 3.63) is 0 Å². The van der Waals surface area contributed by atoms with Crippen molar-refractivity contribution in [3.63, 3.8) is 0 Å². The van der Waals surface area contributed by atoms with Crippen molar-refractivity contribution in [2.45, 2.75) is 77.5 Å². The maximum Gasteiger partial charge on any atom is 0.326 e. The van der Waals surface area contributed by atoms with Gasteiger partial charge in [0.15, 0.2) is 0 Å². The van der Waals surface area contributed by atoms with Crippen molar-refractivity contribution in [2.24, 2.45) is 17.6 Å². The van der Waals surface area contributed by atoms with Gasteiger partial charge in [-0.25, -0.2) is 4.79 Å². The quantitative estimate of drug-likeness (QED) is 0.175. The van der Waals surface area contributed by atoms with Crippen LogP contribution in [0.1, 0.15) is 53.4 Å². The van der Waals surface area contributed by atoms with Gasteiger partial charge in [0.05, 0.1) is 6.04 Å². The van der Waals surface area contributed by atoms with Crippen LogP contribution in [0.25, 0.3) is 0 Å². The molecule has 0 heterocycles. The molecule has 0 aromatic rings. The molecule has 0 aliphatic rings. The molecule has 5 atom stereocenters. The number of carbonyl (C=O) groups excluding carboxylic acids is 3. The first-order chi connectivity index (χ1) is 15.3. The largest absolute Gasteiger partial charge is 0.481 e. The summed E-state index contributed by atoms with van der Waals surface area (Å²) in [7, 11) is 0. The van der Waals surface area contributed by atoms with Gasteiger partial charge in [0.1, 0.15) is 18.1 Å². The van der Waals surface area contributed by atoms with Gasteiger partial charge in [0.25, 0.3) is 0 Å². The second kappa shape index (κ2) is 15.5. The molecule has 0 aliphatic heterocycles. The van der Waals surface area contributed by atoms with Gasteiger partial charge in [-0.3, -0.25) is 19.2 Å². The smallest absolute Gasteiger partial charge is 0.326 e. The molecule has 11 nitrogen and oxygen atoms in total. The van der Waals surface area contributed by atoms with Gasteiger partial charge < -0.3 is 31.9 Å². The van der Waals surface area contributed by atoms with E-state index in [0.717, 1.165) is 0 Å². The fourth-order valence-electron chi connectivity index (χ4n) is 2.91. The third-order valence-electron chi connectivity index (χ3n) is 5.27. The Hall–Kier alpha value is -2.34. The van der Waals surface area contributed by atoms with Gasteiger partial charge in [-0.05, 0) is 36.7 Å². The zero-order valence-electron chi connectivity index (χ0n) is 19.9. The lowest BCUT2D eigenvalue weighted by molar-refractivity contribution is -0.144. The minimum Gasteiger partial charge on any atom is -0.481 e. The van der Waals surface area contributed by atoms with Crippen LogP contribution in [0.15, 0.2) is 0 Å². The molecule has 0 spiro atoms. The second-order valence-electron chi connectivity index (χ2n) is 8.32. The number of thioether (sulfide) groups is 1. The molecule has 0 bridgehead atoms. The summed E-state index contributed by atoms with van der Waals surface area (Å²) in [5.41, 5.74) is 5.86. The number of hydrogen-bond acceptors (Lipinski definition) is 7. The van der Waals surface area contributed by atoms with Crippen molar-refractivity contribution in [1.29, 1.82) is 0 Å². The predicted molar refractivity (Wildman–Crippen MR) is 126 cm³/mol. The van der Waals surface area contributed by atoms with Crippen molar-refractivity contribution in [2.75, 3.05) is 12.0 Å². The summed E-state index contributed by atoms with van der Waals surface area (Å²) in [6.45, 7) is 6.84. The van der Waals surface area contributed by atoms with Crippen LogP contribution >= 0.6 is 11.8 Å². The van der Waals surface area contributed by atoms with Gasteiger partial charge in [-0.1, -0.05) is 34.1 Å². The van der Waals surface area contributed by atoms with Crippen LogP contribution in [0.3, 0.4) is 0 Å². The molecule has 190 valence electrons. The molecule has 0 aromatic carbocycles. The fraction of sp³-hybridized carbons (Fsp3) is 0.762. The SMILES string of the molecule is CCC(C)C(NC(=O)C(CCC(=O)O)NC(=O)C(NC(=O)C(N)CCSC)C(C)C)C(=O)O. The number of amides is 3. The van der Waals surface area contributed by atoms with Crippen LogP contribution < -0.4 is 21.7 Å². The highest BCUT2D eigenvalue weighted by atomic mass is 32.2. The third kappa shape index (κ3) is 11.4.